The minimum Gasteiger partial charge on any atom is -0.326 e. The zero-order valence-electron chi connectivity index (χ0n) is 16.4. The molecule has 0 radical (unpaired) electrons. The molecule has 2 amide bonds. The van der Waals surface area contributed by atoms with Crippen molar-refractivity contribution in [1.82, 2.24) is 9.97 Å². The normalized spacial score (nSPS) is 16.1. The number of amides is 2. The minimum atomic E-state index is -0.146. The Bertz CT molecular complexity index is 1130. The Morgan fingerprint density at radius 3 is 2.24 bits per heavy atom. The second-order valence-electron chi connectivity index (χ2n) is 7.97. The van der Waals surface area contributed by atoms with E-state index in [1.807, 2.05) is 26.0 Å². The first-order chi connectivity index (χ1) is 14.0. The van der Waals surface area contributed by atoms with E-state index in [1.54, 1.807) is 12.1 Å². The van der Waals surface area contributed by atoms with Gasteiger partial charge in [-0.2, -0.15) is 0 Å². The summed E-state index contributed by atoms with van der Waals surface area (Å²) in [6, 6.07) is 7.23. The molecule has 0 saturated heterocycles. The maximum Gasteiger partial charge on any atom is 0.266 e. The molecule has 2 saturated carbocycles. The highest BCUT2D eigenvalue weighted by Crippen LogP contribution is 2.40. The zero-order chi connectivity index (χ0) is 20.1. The number of nitrogens with one attached hydrogen (secondary N) is 2. The van der Waals surface area contributed by atoms with E-state index in [2.05, 4.69) is 15.6 Å². The predicted molar refractivity (Wildman–Crippen MR) is 115 cm³/mol. The van der Waals surface area contributed by atoms with Gasteiger partial charge in [0.05, 0.1) is 10.6 Å². The Morgan fingerprint density at radius 2 is 1.62 bits per heavy atom. The standard InChI is InChI=1S/C22H22N4O2S/c1-11-17-12(2)23-19(13-3-4-13)26-22(17)29-18(11)21(28)25-16-9-7-15(8-10-16)24-20(27)14-5-6-14/h7-10,13-14H,3-6H2,1-2H3,(H,24,27)(H,25,28). The van der Waals surface area contributed by atoms with E-state index in [1.165, 1.54) is 11.3 Å². The lowest BCUT2D eigenvalue weighted by Crippen LogP contribution is -2.14. The molecule has 2 aliphatic carbocycles. The van der Waals surface area contributed by atoms with Crippen LogP contribution in [-0.4, -0.2) is 21.8 Å². The van der Waals surface area contributed by atoms with E-state index >= 15 is 0 Å². The quantitative estimate of drug-likeness (QED) is 0.638. The smallest absolute Gasteiger partial charge is 0.266 e. The molecule has 2 aliphatic rings. The molecule has 2 heterocycles. The molecule has 0 unspecified atom stereocenters. The van der Waals surface area contributed by atoms with Gasteiger partial charge >= 0.3 is 0 Å². The van der Waals surface area contributed by atoms with Gasteiger partial charge in [0.1, 0.15) is 10.7 Å². The predicted octanol–water partition coefficient (Wildman–Crippen LogP) is 4.79. The van der Waals surface area contributed by atoms with E-state index in [4.69, 9.17) is 4.98 Å². The number of carbonyl (C=O) groups is 2. The summed E-state index contributed by atoms with van der Waals surface area (Å²) < 4.78 is 0. The summed E-state index contributed by atoms with van der Waals surface area (Å²) in [5, 5.41) is 6.85. The molecule has 2 N–H and O–H groups in total. The van der Waals surface area contributed by atoms with Crippen LogP contribution in [0.25, 0.3) is 10.2 Å². The Hall–Kier alpha value is -2.80. The number of nitrogens with zero attached hydrogens (tertiary/aromatic N) is 2. The van der Waals surface area contributed by atoms with Gasteiger partial charge in [0, 0.05) is 28.6 Å². The minimum absolute atomic E-state index is 0.0738. The van der Waals surface area contributed by atoms with Crippen LogP contribution in [0.3, 0.4) is 0 Å². The van der Waals surface area contributed by atoms with Crippen LogP contribution in [0.1, 0.15) is 58.4 Å². The van der Waals surface area contributed by atoms with E-state index in [0.717, 1.165) is 58.7 Å². The van der Waals surface area contributed by atoms with Crippen molar-refractivity contribution in [3.8, 4) is 0 Å². The third-order valence-corrected chi connectivity index (χ3v) is 6.68. The van der Waals surface area contributed by atoms with Crippen molar-refractivity contribution >= 4 is 44.7 Å². The van der Waals surface area contributed by atoms with Crippen LogP contribution >= 0.6 is 11.3 Å². The SMILES string of the molecule is Cc1nc(C2CC2)nc2sc(C(=O)Nc3ccc(NC(=O)C4CC4)cc3)c(C)c12. The summed E-state index contributed by atoms with van der Waals surface area (Å²) in [5.74, 6) is 1.48. The van der Waals surface area contributed by atoms with Gasteiger partial charge in [0.15, 0.2) is 0 Å². The number of benzene rings is 1. The molecular formula is C22H22N4O2S. The number of fused-ring (bicyclic) bond motifs is 1. The van der Waals surface area contributed by atoms with Crippen LogP contribution in [0.5, 0.6) is 0 Å². The third-order valence-electron chi connectivity index (χ3n) is 5.50. The summed E-state index contributed by atoms with van der Waals surface area (Å²) in [7, 11) is 0. The lowest BCUT2D eigenvalue weighted by Gasteiger charge is -2.07. The van der Waals surface area contributed by atoms with Crippen LogP contribution in [0.2, 0.25) is 0 Å². The van der Waals surface area contributed by atoms with Crippen molar-refractivity contribution in [2.24, 2.45) is 5.92 Å². The summed E-state index contributed by atoms with van der Waals surface area (Å²) in [6.45, 7) is 3.95. The maximum atomic E-state index is 12.9. The molecule has 7 heteroatoms. The highest BCUT2D eigenvalue weighted by Gasteiger charge is 2.30. The molecule has 1 aromatic carbocycles. The Kier molecular flexibility index (Phi) is 4.35. The van der Waals surface area contributed by atoms with Gasteiger partial charge in [-0.25, -0.2) is 9.97 Å². The van der Waals surface area contributed by atoms with Crippen LogP contribution in [0, 0.1) is 19.8 Å². The summed E-state index contributed by atoms with van der Waals surface area (Å²) in [5.41, 5.74) is 3.31. The van der Waals surface area contributed by atoms with Crippen LogP contribution in [0.15, 0.2) is 24.3 Å². The topological polar surface area (TPSA) is 84.0 Å². The van der Waals surface area contributed by atoms with Gasteiger partial charge in [-0.1, -0.05) is 0 Å². The van der Waals surface area contributed by atoms with Crippen molar-refractivity contribution in [1.29, 1.82) is 0 Å². The van der Waals surface area contributed by atoms with Gasteiger partial charge in [-0.3, -0.25) is 9.59 Å². The van der Waals surface area contributed by atoms with Gasteiger partial charge in [-0.05, 0) is 69.4 Å². The first-order valence-corrected chi connectivity index (χ1v) is 10.8. The molecule has 2 aromatic heterocycles. The highest BCUT2D eigenvalue weighted by atomic mass is 32.1. The highest BCUT2D eigenvalue weighted by molar-refractivity contribution is 7.20. The molecule has 5 rings (SSSR count). The molecule has 0 bridgehead atoms. The van der Waals surface area contributed by atoms with Crippen LogP contribution < -0.4 is 10.6 Å². The number of anilines is 2. The first-order valence-electron chi connectivity index (χ1n) is 9.99. The number of thiophene rings is 1. The summed E-state index contributed by atoms with van der Waals surface area (Å²) in [4.78, 5) is 35.7. The monoisotopic (exact) mass is 406 g/mol. The Morgan fingerprint density at radius 1 is 0.966 bits per heavy atom. The molecule has 29 heavy (non-hydrogen) atoms. The average molecular weight is 407 g/mol. The van der Waals surface area contributed by atoms with Crippen molar-refractivity contribution in [3.05, 3.63) is 46.2 Å². The number of hydrogen-bond acceptors (Lipinski definition) is 5. The number of rotatable bonds is 5. The molecule has 0 aliphatic heterocycles. The number of hydrogen-bond donors (Lipinski definition) is 2. The van der Waals surface area contributed by atoms with E-state index in [0.29, 0.717) is 16.5 Å². The molecule has 2 fully saturated rings. The van der Waals surface area contributed by atoms with E-state index < -0.39 is 0 Å². The van der Waals surface area contributed by atoms with Crippen molar-refractivity contribution in [3.63, 3.8) is 0 Å². The van der Waals surface area contributed by atoms with Gasteiger partial charge < -0.3 is 10.6 Å². The average Bonchev–Trinajstić information content (AvgIpc) is 3.60. The van der Waals surface area contributed by atoms with Crippen molar-refractivity contribution in [2.75, 3.05) is 10.6 Å². The Balaban J connectivity index is 1.35. The summed E-state index contributed by atoms with van der Waals surface area (Å²) in [6.07, 6.45) is 4.25. The van der Waals surface area contributed by atoms with Gasteiger partial charge in [-0.15, -0.1) is 11.3 Å². The number of aromatic nitrogens is 2. The number of carbonyl (C=O) groups excluding carboxylic acids is 2. The lowest BCUT2D eigenvalue weighted by molar-refractivity contribution is -0.117. The largest absolute Gasteiger partial charge is 0.326 e. The second-order valence-corrected chi connectivity index (χ2v) is 8.97. The fraction of sp³-hybridized carbons (Fsp3) is 0.364. The van der Waals surface area contributed by atoms with Crippen LogP contribution in [0.4, 0.5) is 11.4 Å². The van der Waals surface area contributed by atoms with Crippen LogP contribution in [-0.2, 0) is 4.79 Å². The van der Waals surface area contributed by atoms with E-state index in [-0.39, 0.29) is 17.7 Å². The molecule has 3 aromatic rings. The van der Waals surface area contributed by atoms with Crippen molar-refractivity contribution in [2.45, 2.75) is 45.4 Å². The fourth-order valence-electron chi connectivity index (χ4n) is 3.52. The van der Waals surface area contributed by atoms with Gasteiger partial charge in [0.25, 0.3) is 5.91 Å². The van der Waals surface area contributed by atoms with E-state index in [9.17, 15) is 9.59 Å². The summed E-state index contributed by atoms with van der Waals surface area (Å²) >= 11 is 1.43. The maximum absolute atomic E-state index is 12.9. The Labute approximate surface area is 172 Å². The number of aryl methyl sites for hydroxylation is 2. The lowest BCUT2D eigenvalue weighted by atomic mass is 10.1. The van der Waals surface area contributed by atoms with Gasteiger partial charge in [0.2, 0.25) is 5.91 Å². The molecule has 0 atom stereocenters. The molecule has 0 spiro atoms. The second kappa shape index (κ2) is 6.91. The molecule has 148 valence electrons. The first kappa shape index (κ1) is 18.2. The molecular weight excluding hydrogens is 384 g/mol. The molecule has 6 nitrogen and oxygen atoms in total. The zero-order valence-corrected chi connectivity index (χ0v) is 17.2. The van der Waals surface area contributed by atoms with Crippen molar-refractivity contribution < 1.29 is 9.59 Å². The fourth-order valence-corrected chi connectivity index (χ4v) is 4.65. The third kappa shape index (κ3) is 3.62.